The van der Waals surface area contributed by atoms with E-state index >= 15 is 0 Å². The van der Waals surface area contributed by atoms with E-state index in [0.717, 1.165) is 12.1 Å². The summed E-state index contributed by atoms with van der Waals surface area (Å²) in [5.41, 5.74) is 4.18. The molecular weight excluding hydrogens is 332 g/mol. The van der Waals surface area contributed by atoms with Crippen LogP contribution in [-0.4, -0.2) is 4.92 Å². The van der Waals surface area contributed by atoms with Gasteiger partial charge in [-0.1, -0.05) is 31.2 Å². The molecule has 2 rings (SSSR count). The third kappa shape index (κ3) is 3.61. The van der Waals surface area contributed by atoms with Gasteiger partial charge in [-0.15, -0.1) is 0 Å². The minimum atomic E-state index is -0.365. The highest BCUT2D eigenvalue weighted by Gasteiger charge is 2.14. The van der Waals surface area contributed by atoms with E-state index < -0.39 is 0 Å². The largest absolute Gasteiger partial charge is 0.380 e. The number of anilines is 1. The van der Waals surface area contributed by atoms with Crippen LogP contribution in [0.1, 0.15) is 23.6 Å². The second kappa shape index (κ2) is 6.72. The second-order valence-corrected chi connectivity index (χ2v) is 5.71. The minimum absolute atomic E-state index is 0.126. The molecule has 0 spiro atoms. The number of benzene rings is 2. The summed E-state index contributed by atoms with van der Waals surface area (Å²) in [5.74, 6) is 0. The summed E-state index contributed by atoms with van der Waals surface area (Å²) in [6, 6.07) is 11.6. The summed E-state index contributed by atoms with van der Waals surface area (Å²) in [5, 5.41) is 14.3. The molecule has 0 aliphatic rings. The Morgan fingerprint density at radius 3 is 2.52 bits per heavy atom. The van der Waals surface area contributed by atoms with Gasteiger partial charge >= 0.3 is 0 Å². The molecule has 0 saturated carbocycles. The van der Waals surface area contributed by atoms with Crippen molar-refractivity contribution in [3.8, 4) is 0 Å². The SMILES string of the molecule is CCc1ccccc1CNc1cc(C)c([N+](=O)[O-])cc1Br. The molecule has 0 aromatic heterocycles. The van der Waals surface area contributed by atoms with Crippen LogP contribution in [0.15, 0.2) is 40.9 Å². The minimum Gasteiger partial charge on any atom is -0.380 e. The van der Waals surface area contributed by atoms with Crippen LogP contribution in [0.5, 0.6) is 0 Å². The lowest BCUT2D eigenvalue weighted by Gasteiger charge is -2.12. The average molecular weight is 349 g/mol. The lowest BCUT2D eigenvalue weighted by Crippen LogP contribution is -2.04. The number of aryl methyl sites for hydroxylation is 2. The molecule has 1 N–H and O–H groups in total. The van der Waals surface area contributed by atoms with E-state index in [0.29, 0.717) is 16.6 Å². The fourth-order valence-corrected chi connectivity index (χ4v) is 2.74. The Kier molecular flexibility index (Phi) is 4.96. The summed E-state index contributed by atoms with van der Waals surface area (Å²) in [6.45, 7) is 4.57. The van der Waals surface area contributed by atoms with E-state index in [4.69, 9.17) is 0 Å². The smallest absolute Gasteiger partial charge is 0.273 e. The molecule has 5 heteroatoms. The van der Waals surface area contributed by atoms with Gasteiger partial charge < -0.3 is 5.32 Å². The number of halogens is 1. The predicted molar refractivity (Wildman–Crippen MR) is 88.7 cm³/mol. The summed E-state index contributed by atoms with van der Waals surface area (Å²) in [7, 11) is 0. The van der Waals surface area contributed by atoms with Crippen LogP contribution in [0, 0.1) is 17.0 Å². The highest BCUT2D eigenvalue weighted by atomic mass is 79.9. The van der Waals surface area contributed by atoms with Gasteiger partial charge in [-0.25, -0.2) is 0 Å². The van der Waals surface area contributed by atoms with Crippen molar-refractivity contribution < 1.29 is 4.92 Å². The van der Waals surface area contributed by atoms with Gasteiger partial charge in [0.2, 0.25) is 0 Å². The first kappa shape index (κ1) is 15.5. The van der Waals surface area contributed by atoms with Crippen LogP contribution < -0.4 is 5.32 Å². The standard InChI is InChI=1S/C16H17BrN2O2/c1-3-12-6-4-5-7-13(12)10-18-15-8-11(2)16(19(20)21)9-14(15)17/h4-9,18H,3,10H2,1-2H3. The molecule has 0 bridgehead atoms. The van der Waals surface area contributed by atoms with Gasteiger partial charge in [0, 0.05) is 28.3 Å². The molecule has 2 aromatic rings. The summed E-state index contributed by atoms with van der Waals surface area (Å²) in [4.78, 5) is 10.5. The van der Waals surface area contributed by atoms with E-state index in [1.54, 1.807) is 19.1 Å². The van der Waals surface area contributed by atoms with Gasteiger partial charge in [0.25, 0.3) is 5.69 Å². The van der Waals surface area contributed by atoms with Crippen LogP contribution in [0.4, 0.5) is 11.4 Å². The summed E-state index contributed by atoms with van der Waals surface area (Å²) >= 11 is 3.39. The first-order chi connectivity index (χ1) is 10.0. The molecule has 4 nitrogen and oxygen atoms in total. The van der Waals surface area contributed by atoms with Crippen molar-refractivity contribution in [2.24, 2.45) is 0 Å². The summed E-state index contributed by atoms with van der Waals surface area (Å²) in [6.07, 6.45) is 0.984. The maximum absolute atomic E-state index is 10.9. The van der Waals surface area contributed by atoms with E-state index in [2.05, 4.69) is 40.3 Å². The first-order valence-corrected chi connectivity index (χ1v) is 7.57. The highest BCUT2D eigenvalue weighted by Crippen LogP contribution is 2.31. The summed E-state index contributed by atoms with van der Waals surface area (Å²) < 4.78 is 0.703. The van der Waals surface area contributed by atoms with Crippen molar-refractivity contribution in [2.45, 2.75) is 26.8 Å². The zero-order chi connectivity index (χ0) is 15.4. The Bertz CT molecular complexity index is 671. The number of nitrogens with zero attached hydrogens (tertiary/aromatic N) is 1. The topological polar surface area (TPSA) is 55.2 Å². The van der Waals surface area contributed by atoms with Gasteiger partial charge in [0.15, 0.2) is 0 Å². The lowest BCUT2D eigenvalue weighted by molar-refractivity contribution is -0.385. The monoisotopic (exact) mass is 348 g/mol. The van der Waals surface area contributed by atoms with E-state index in [1.165, 1.54) is 11.1 Å². The number of nitro benzene ring substituents is 1. The molecule has 0 aliphatic heterocycles. The highest BCUT2D eigenvalue weighted by molar-refractivity contribution is 9.10. The molecule has 110 valence electrons. The second-order valence-electron chi connectivity index (χ2n) is 4.85. The van der Waals surface area contributed by atoms with Crippen LogP contribution >= 0.6 is 15.9 Å². The van der Waals surface area contributed by atoms with Crippen molar-refractivity contribution in [3.63, 3.8) is 0 Å². The van der Waals surface area contributed by atoms with E-state index in [-0.39, 0.29) is 10.6 Å². The Morgan fingerprint density at radius 2 is 1.90 bits per heavy atom. The van der Waals surface area contributed by atoms with Crippen LogP contribution in [0.25, 0.3) is 0 Å². The van der Waals surface area contributed by atoms with Gasteiger partial charge in [0.05, 0.1) is 4.92 Å². The van der Waals surface area contributed by atoms with Gasteiger partial charge in [-0.3, -0.25) is 10.1 Å². The third-order valence-electron chi connectivity index (χ3n) is 3.45. The van der Waals surface area contributed by atoms with Crippen molar-refractivity contribution >= 4 is 27.3 Å². The maximum Gasteiger partial charge on any atom is 0.273 e. The Hall–Kier alpha value is -1.88. The van der Waals surface area contributed by atoms with Gasteiger partial charge in [-0.05, 0) is 46.5 Å². The maximum atomic E-state index is 10.9. The normalized spacial score (nSPS) is 10.4. The molecule has 0 aliphatic carbocycles. The van der Waals surface area contributed by atoms with Crippen LogP contribution in [-0.2, 0) is 13.0 Å². The number of rotatable bonds is 5. The Labute approximate surface area is 132 Å². The predicted octanol–water partition coefficient (Wildman–Crippen LogP) is 4.84. The lowest BCUT2D eigenvalue weighted by atomic mass is 10.1. The molecule has 0 unspecified atom stereocenters. The fraction of sp³-hybridized carbons (Fsp3) is 0.250. The third-order valence-corrected chi connectivity index (χ3v) is 4.11. The van der Waals surface area contributed by atoms with Crippen molar-refractivity contribution in [1.29, 1.82) is 0 Å². The molecule has 0 amide bonds. The molecular formula is C16H17BrN2O2. The zero-order valence-corrected chi connectivity index (χ0v) is 13.6. The van der Waals surface area contributed by atoms with Crippen molar-refractivity contribution in [2.75, 3.05) is 5.32 Å². The number of hydrogen-bond acceptors (Lipinski definition) is 3. The number of hydrogen-bond donors (Lipinski definition) is 1. The average Bonchev–Trinajstić information content (AvgIpc) is 2.47. The quantitative estimate of drug-likeness (QED) is 0.621. The number of nitrogens with one attached hydrogen (secondary N) is 1. The molecule has 2 aromatic carbocycles. The van der Waals surface area contributed by atoms with Crippen LogP contribution in [0.2, 0.25) is 0 Å². The van der Waals surface area contributed by atoms with Gasteiger partial charge in [-0.2, -0.15) is 0 Å². The molecule has 0 heterocycles. The molecule has 21 heavy (non-hydrogen) atoms. The van der Waals surface area contributed by atoms with Gasteiger partial charge in [0.1, 0.15) is 0 Å². The Morgan fingerprint density at radius 1 is 1.24 bits per heavy atom. The molecule has 0 atom stereocenters. The first-order valence-electron chi connectivity index (χ1n) is 6.78. The molecule has 0 radical (unpaired) electrons. The number of nitro groups is 1. The zero-order valence-electron chi connectivity index (χ0n) is 12.0. The van der Waals surface area contributed by atoms with Crippen molar-refractivity contribution in [1.82, 2.24) is 0 Å². The molecule has 0 saturated heterocycles. The van der Waals surface area contributed by atoms with E-state index in [1.807, 2.05) is 12.1 Å². The van der Waals surface area contributed by atoms with Crippen molar-refractivity contribution in [3.05, 3.63) is 67.7 Å². The molecule has 0 fully saturated rings. The van der Waals surface area contributed by atoms with Crippen LogP contribution in [0.3, 0.4) is 0 Å². The fourth-order valence-electron chi connectivity index (χ4n) is 2.27. The van der Waals surface area contributed by atoms with E-state index in [9.17, 15) is 10.1 Å². The Balaban J connectivity index is 2.21.